The first-order chi connectivity index (χ1) is 8.57. The third kappa shape index (κ3) is 2.72. The van der Waals surface area contributed by atoms with Crippen molar-refractivity contribution in [1.29, 1.82) is 0 Å². The molecule has 1 aliphatic rings. The maximum absolute atomic E-state index is 10.7. The number of carboxylic acids is 1. The molecule has 0 unspecified atom stereocenters. The maximum atomic E-state index is 10.7. The summed E-state index contributed by atoms with van der Waals surface area (Å²) in [5.74, 6) is -1.01. The van der Waals surface area contributed by atoms with Gasteiger partial charge in [-0.25, -0.2) is 0 Å². The molecule has 2 rings (SSSR count). The van der Waals surface area contributed by atoms with Gasteiger partial charge in [0.1, 0.15) is 6.04 Å². The second kappa shape index (κ2) is 5.10. The van der Waals surface area contributed by atoms with Crippen LogP contribution in [0.2, 0.25) is 0 Å². The van der Waals surface area contributed by atoms with Crippen molar-refractivity contribution in [2.75, 3.05) is 0 Å². The Bertz CT molecular complexity index is 447. The SMILES string of the molecule is N[C@@H](Cc1cccc(C2(O[B]O)CC2)c1)C(=O)O. The molecule has 1 aromatic rings. The van der Waals surface area contributed by atoms with E-state index in [0.717, 1.165) is 24.0 Å². The van der Waals surface area contributed by atoms with Crippen LogP contribution >= 0.6 is 0 Å². The molecule has 1 atom stereocenters. The minimum absolute atomic E-state index is 0.280. The third-order valence-electron chi connectivity index (χ3n) is 3.21. The molecule has 0 saturated heterocycles. The summed E-state index contributed by atoms with van der Waals surface area (Å²) in [4.78, 5) is 10.7. The lowest BCUT2D eigenvalue weighted by Gasteiger charge is -2.16. The number of nitrogens with two attached hydrogens (primary N) is 1. The molecule has 6 heteroatoms. The third-order valence-corrected chi connectivity index (χ3v) is 3.21. The minimum atomic E-state index is -1.01. The Labute approximate surface area is 106 Å². The summed E-state index contributed by atoms with van der Waals surface area (Å²) in [6.07, 6.45) is 1.97. The fourth-order valence-corrected chi connectivity index (χ4v) is 2.01. The van der Waals surface area contributed by atoms with E-state index in [1.54, 1.807) is 0 Å². The van der Waals surface area contributed by atoms with Crippen molar-refractivity contribution in [2.45, 2.75) is 30.9 Å². The van der Waals surface area contributed by atoms with Crippen LogP contribution in [-0.4, -0.2) is 29.8 Å². The van der Waals surface area contributed by atoms with Gasteiger partial charge in [0.25, 0.3) is 0 Å². The Morgan fingerprint density at radius 1 is 1.56 bits per heavy atom. The number of hydrogen-bond donors (Lipinski definition) is 3. The van der Waals surface area contributed by atoms with Gasteiger partial charge in [-0.15, -0.1) is 0 Å². The smallest absolute Gasteiger partial charge is 0.480 e. The van der Waals surface area contributed by atoms with Gasteiger partial charge in [-0.2, -0.15) is 0 Å². The van der Waals surface area contributed by atoms with Crippen LogP contribution in [-0.2, 0) is 21.5 Å². The molecule has 1 saturated carbocycles. The second-order valence-corrected chi connectivity index (χ2v) is 4.57. The molecular weight excluding hydrogens is 233 g/mol. The zero-order valence-corrected chi connectivity index (χ0v) is 9.87. The van der Waals surface area contributed by atoms with Gasteiger partial charge in [0.2, 0.25) is 0 Å². The normalized spacial score (nSPS) is 18.1. The highest BCUT2D eigenvalue weighted by atomic mass is 16.5. The van der Waals surface area contributed by atoms with Crippen molar-refractivity contribution >= 4 is 13.7 Å². The van der Waals surface area contributed by atoms with Crippen LogP contribution in [0.25, 0.3) is 0 Å². The van der Waals surface area contributed by atoms with Crippen molar-refractivity contribution < 1.29 is 19.6 Å². The van der Waals surface area contributed by atoms with Crippen molar-refractivity contribution in [2.24, 2.45) is 5.73 Å². The molecule has 95 valence electrons. The molecule has 0 bridgehead atoms. The summed E-state index contributed by atoms with van der Waals surface area (Å²) >= 11 is 0. The van der Waals surface area contributed by atoms with Gasteiger partial charge in [0, 0.05) is 0 Å². The molecule has 0 aliphatic heterocycles. The topological polar surface area (TPSA) is 92.8 Å². The van der Waals surface area contributed by atoms with Gasteiger partial charge in [-0.05, 0) is 30.4 Å². The van der Waals surface area contributed by atoms with Crippen LogP contribution in [0.1, 0.15) is 24.0 Å². The van der Waals surface area contributed by atoms with Crippen molar-refractivity contribution in [3.05, 3.63) is 35.4 Å². The molecule has 1 aliphatic carbocycles. The monoisotopic (exact) mass is 248 g/mol. The maximum Gasteiger partial charge on any atom is 0.485 e. The fourth-order valence-electron chi connectivity index (χ4n) is 2.01. The van der Waals surface area contributed by atoms with Crippen molar-refractivity contribution in [3.8, 4) is 0 Å². The zero-order chi connectivity index (χ0) is 13.2. The van der Waals surface area contributed by atoms with Gasteiger partial charge in [0.05, 0.1) is 5.60 Å². The van der Waals surface area contributed by atoms with Crippen LogP contribution < -0.4 is 5.73 Å². The van der Waals surface area contributed by atoms with Gasteiger partial charge in [-0.1, -0.05) is 24.3 Å². The van der Waals surface area contributed by atoms with E-state index in [4.69, 9.17) is 20.5 Å². The van der Waals surface area contributed by atoms with Gasteiger partial charge in [-0.3, -0.25) is 4.79 Å². The lowest BCUT2D eigenvalue weighted by atomic mass is 10.00. The van der Waals surface area contributed by atoms with Gasteiger partial charge < -0.3 is 20.5 Å². The Kier molecular flexibility index (Phi) is 3.70. The predicted molar refractivity (Wildman–Crippen MR) is 65.7 cm³/mol. The fraction of sp³-hybridized carbons (Fsp3) is 0.417. The van der Waals surface area contributed by atoms with Crippen LogP contribution in [0, 0.1) is 0 Å². The first kappa shape index (κ1) is 13.1. The first-order valence-corrected chi connectivity index (χ1v) is 5.79. The predicted octanol–water partition coefficient (Wildman–Crippen LogP) is 0.173. The van der Waals surface area contributed by atoms with Crippen molar-refractivity contribution in [1.82, 2.24) is 0 Å². The summed E-state index contributed by atoms with van der Waals surface area (Å²) in [5, 5.41) is 17.5. The lowest BCUT2D eigenvalue weighted by Crippen LogP contribution is -2.32. The zero-order valence-electron chi connectivity index (χ0n) is 9.87. The van der Waals surface area contributed by atoms with E-state index < -0.39 is 17.6 Å². The summed E-state index contributed by atoms with van der Waals surface area (Å²) in [6.45, 7) is 0. The molecule has 18 heavy (non-hydrogen) atoms. The number of aliphatic carboxylic acids is 1. The number of benzene rings is 1. The lowest BCUT2D eigenvalue weighted by molar-refractivity contribution is -0.138. The molecule has 1 radical (unpaired) electrons. The van der Waals surface area contributed by atoms with E-state index in [1.807, 2.05) is 24.3 Å². The number of hydrogen-bond acceptors (Lipinski definition) is 4. The number of carbonyl (C=O) groups is 1. The summed E-state index contributed by atoms with van der Waals surface area (Å²) in [6, 6.07) is 6.58. The van der Waals surface area contributed by atoms with E-state index in [1.165, 1.54) is 0 Å². The second-order valence-electron chi connectivity index (χ2n) is 4.57. The minimum Gasteiger partial charge on any atom is -0.480 e. The molecule has 0 amide bonds. The van der Waals surface area contributed by atoms with E-state index in [2.05, 4.69) is 0 Å². The molecule has 1 fully saturated rings. The highest BCUT2D eigenvalue weighted by Gasteiger charge is 2.45. The van der Waals surface area contributed by atoms with Gasteiger partial charge >= 0.3 is 13.7 Å². The van der Waals surface area contributed by atoms with E-state index in [-0.39, 0.29) is 6.42 Å². The number of carboxylic acid groups (broad SMARTS) is 1. The average molecular weight is 248 g/mol. The summed E-state index contributed by atoms with van der Waals surface area (Å²) in [7, 11) is 0.711. The molecule has 0 heterocycles. The largest absolute Gasteiger partial charge is 0.485 e. The van der Waals surface area contributed by atoms with E-state index in [0.29, 0.717) is 7.69 Å². The summed E-state index contributed by atoms with van der Waals surface area (Å²) in [5.41, 5.74) is 6.88. The standard InChI is InChI=1S/C12H15BNO4/c14-10(11(15)16)7-8-2-1-3-9(6-8)12(4-5-12)18-13-17/h1-3,6,10,17H,4-5,7,14H2,(H,15,16)/t10-/m0/s1. The molecule has 0 spiro atoms. The average Bonchev–Trinajstić information content (AvgIpc) is 3.11. The Balaban J connectivity index is 2.13. The quantitative estimate of drug-likeness (QED) is 0.624. The Morgan fingerprint density at radius 2 is 2.28 bits per heavy atom. The number of rotatable bonds is 6. The highest BCUT2D eigenvalue weighted by Crippen LogP contribution is 2.48. The molecule has 0 aromatic heterocycles. The first-order valence-electron chi connectivity index (χ1n) is 5.79. The van der Waals surface area contributed by atoms with Crippen molar-refractivity contribution in [3.63, 3.8) is 0 Å². The summed E-state index contributed by atoms with van der Waals surface area (Å²) < 4.78 is 5.22. The van der Waals surface area contributed by atoms with Crippen LogP contribution in [0.15, 0.2) is 24.3 Å². The van der Waals surface area contributed by atoms with Gasteiger partial charge in [0.15, 0.2) is 0 Å². The van der Waals surface area contributed by atoms with Crippen LogP contribution in [0.5, 0.6) is 0 Å². The Hall–Kier alpha value is -1.37. The molecular formula is C12H15BNO4. The molecule has 5 nitrogen and oxygen atoms in total. The van der Waals surface area contributed by atoms with Crippen LogP contribution in [0.4, 0.5) is 0 Å². The Morgan fingerprint density at radius 3 is 2.83 bits per heavy atom. The highest BCUT2D eigenvalue weighted by molar-refractivity contribution is 6.16. The van der Waals surface area contributed by atoms with Crippen LogP contribution in [0.3, 0.4) is 0 Å². The van der Waals surface area contributed by atoms with E-state index >= 15 is 0 Å². The van der Waals surface area contributed by atoms with E-state index in [9.17, 15) is 4.79 Å². The molecule has 1 aromatic carbocycles. The molecule has 4 N–H and O–H groups in total.